The van der Waals surface area contributed by atoms with Gasteiger partial charge in [-0.15, -0.1) is 0 Å². The van der Waals surface area contributed by atoms with Crippen molar-refractivity contribution in [2.75, 3.05) is 11.4 Å². The number of rotatable bonds is 8. The van der Waals surface area contributed by atoms with Crippen molar-refractivity contribution in [1.29, 1.82) is 0 Å². The van der Waals surface area contributed by atoms with Gasteiger partial charge in [0.25, 0.3) is 0 Å². The zero-order valence-corrected chi connectivity index (χ0v) is 18.2. The van der Waals surface area contributed by atoms with Crippen molar-refractivity contribution in [2.45, 2.75) is 46.2 Å². The molecule has 1 aromatic carbocycles. The Balaban J connectivity index is 2.03. The summed E-state index contributed by atoms with van der Waals surface area (Å²) in [5.41, 5.74) is 0.647. The van der Waals surface area contributed by atoms with Gasteiger partial charge in [0.1, 0.15) is 17.4 Å². The number of aromatic nitrogens is 2. The first-order valence-corrected chi connectivity index (χ1v) is 10.3. The maximum absolute atomic E-state index is 12.3. The molecular formula is C21H24Cl2N4O2. The number of nitrogens with one attached hydrogen (secondary N) is 1. The van der Waals surface area contributed by atoms with Crippen LogP contribution in [-0.2, 0) is 17.8 Å². The van der Waals surface area contributed by atoms with Gasteiger partial charge in [0.2, 0.25) is 5.91 Å². The Morgan fingerprint density at radius 1 is 1.28 bits per heavy atom. The molecule has 3 aromatic rings. The lowest BCUT2D eigenvalue weighted by atomic mass is 10.2. The smallest absolute Gasteiger partial charge is 0.221 e. The van der Waals surface area contributed by atoms with E-state index in [4.69, 9.17) is 32.6 Å². The predicted molar refractivity (Wildman–Crippen MR) is 117 cm³/mol. The van der Waals surface area contributed by atoms with E-state index < -0.39 is 0 Å². The van der Waals surface area contributed by atoms with Gasteiger partial charge in [-0.25, -0.2) is 9.97 Å². The topological polar surface area (TPSA) is 71.3 Å². The lowest BCUT2D eigenvalue weighted by Crippen LogP contribution is -2.34. The van der Waals surface area contributed by atoms with Crippen LogP contribution in [0.1, 0.15) is 38.8 Å². The molecule has 0 aliphatic heterocycles. The molecule has 0 fully saturated rings. The Labute approximate surface area is 180 Å². The second-order valence-corrected chi connectivity index (χ2v) is 7.92. The predicted octanol–water partition coefficient (Wildman–Crippen LogP) is 5.01. The van der Waals surface area contributed by atoms with E-state index in [0.29, 0.717) is 53.1 Å². The molecule has 0 aliphatic carbocycles. The monoisotopic (exact) mass is 434 g/mol. The van der Waals surface area contributed by atoms with Crippen LogP contribution in [0.5, 0.6) is 0 Å². The van der Waals surface area contributed by atoms with E-state index in [-0.39, 0.29) is 11.9 Å². The standard InChI is InChI=1S/C21H24Cl2N4O2/c1-4-18-25-20-16(10-14(22)11-17(20)23)21(26-18)27(12-15-6-5-9-29-15)8-7-19(28)24-13(2)3/h5-6,9-11,13H,4,7-8,12H2,1-3H3,(H,24,28). The lowest BCUT2D eigenvalue weighted by Gasteiger charge is -2.25. The third kappa shape index (κ3) is 5.40. The average molecular weight is 435 g/mol. The van der Waals surface area contributed by atoms with Gasteiger partial charge >= 0.3 is 0 Å². The molecule has 0 saturated carbocycles. The highest BCUT2D eigenvalue weighted by molar-refractivity contribution is 6.38. The van der Waals surface area contributed by atoms with Crippen molar-refractivity contribution in [3.8, 4) is 0 Å². The first kappa shape index (κ1) is 21.4. The minimum atomic E-state index is -0.0189. The summed E-state index contributed by atoms with van der Waals surface area (Å²) in [6.07, 6.45) is 2.60. The number of carbonyl (C=O) groups is 1. The summed E-state index contributed by atoms with van der Waals surface area (Å²) in [4.78, 5) is 23.6. The second-order valence-electron chi connectivity index (χ2n) is 7.07. The van der Waals surface area contributed by atoms with Gasteiger partial charge in [0.15, 0.2) is 0 Å². The number of nitrogens with zero attached hydrogens (tertiary/aromatic N) is 3. The van der Waals surface area contributed by atoms with E-state index in [2.05, 4.69) is 10.3 Å². The summed E-state index contributed by atoms with van der Waals surface area (Å²) in [7, 11) is 0. The van der Waals surface area contributed by atoms with Crippen molar-refractivity contribution in [3.63, 3.8) is 0 Å². The molecule has 1 amide bonds. The normalized spacial score (nSPS) is 11.2. The highest BCUT2D eigenvalue weighted by Gasteiger charge is 2.19. The Morgan fingerprint density at radius 2 is 2.07 bits per heavy atom. The van der Waals surface area contributed by atoms with Crippen molar-refractivity contribution >= 4 is 45.8 Å². The third-order valence-electron chi connectivity index (χ3n) is 4.35. The maximum Gasteiger partial charge on any atom is 0.221 e. The van der Waals surface area contributed by atoms with Crippen LogP contribution in [-0.4, -0.2) is 28.5 Å². The molecule has 0 radical (unpaired) electrons. The molecule has 2 heterocycles. The van der Waals surface area contributed by atoms with Crippen LogP contribution >= 0.6 is 23.2 Å². The van der Waals surface area contributed by atoms with Crippen LogP contribution < -0.4 is 10.2 Å². The number of fused-ring (bicyclic) bond motifs is 1. The average Bonchev–Trinajstić information content (AvgIpc) is 3.17. The minimum absolute atomic E-state index is 0.0189. The molecule has 154 valence electrons. The lowest BCUT2D eigenvalue weighted by molar-refractivity contribution is -0.121. The first-order chi connectivity index (χ1) is 13.9. The van der Waals surface area contributed by atoms with E-state index >= 15 is 0 Å². The van der Waals surface area contributed by atoms with Gasteiger partial charge in [0.05, 0.1) is 23.3 Å². The number of hydrogen-bond donors (Lipinski definition) is 1. The summed E-state index contributed by atoms with van der Waals surface area (Å²) in [6.45, 7) is 6.78. The molecule has 8 heteroatoms. The van der Waals surface area contributed by atoms with Crippen molar-refractivity contribution in [1.82, 2.24) is 15.3 Å². The molecule has 0 saturated heterocycles. The largest absolute Gasteiger partial charge is 0.467 e. The van der Waals surface area contributed by atoms with Gasteiger partial charge in [-0.2, -0.15) is 0 Å². The Bertz CT molecular complexity index is 990. The summed E-state index contributed by atoms with van der Waals surface area (Å²) < 4.78 is 5.54. The summed E-state index contributed by atoms with van der Waals surface area (Å²) in [5, 5.41) is 4.65. The summed E-state index contributed by atoms with van der Waals surface area (Å²) >= 11 is 12.7. The molecule has 2 aromatic heterocycles. The number of carbonyl (C=O) groups excluding carboxylic acids is 1. The Hall–Kier alpha value is -2.31. The molecule has 0 bridgehead atoms. The van der Waals surface area contributed by atoms with Gasteiger partial charge < -0.3 is 14.6 Å². The quantitative estimate of drug-likeness (QED) is 0.539. The van der Waals surface area contributed by atoms with Crippen molar-refractivity contribution < 1.29 is 9.21 Å². The number of amides is 1. The van der Waals surface area contributed by atoms with Crippen molar-refractivity contribution in [2.24, 2.45) is 0 Å². The fourth-order valence-electron chi connectivity index (χ4n) is 3.07. The highest BCUT2D eigenvalue weighted by atomic mass is 35.5. The molecule has 0 unspecified atom stereocenters. The van der Waals surface area contributed by atoms with Crippen molar-refractivity contribution in [3.05, 3.63) is 52.2 Å². The molecule has 3 rings (SSSR count). The van der Waals surface area contributed by atoms with Gasteiger partial charge in [-0.3, -0.25) is 4.79 Å². The molecule has 29 heavy (non-hydrogen) atoms. The number of furan rings is 1. The van der Waals surface area contributed by atoms with Gasteiger partial charge in [0, 0.05) is 35.8 Å². The summed E-state index contributed by atoms with van der Waals surface area (Å²) in [6, 6.07) is 7.30. The number of halogens is 2. The molecule has 0 aliphatic rings. The SMILES string of the molecule is CCc1nc(N(CCC(=O)NC(C)C)Cc2ccco2)c2cc(Cl)cc(Cl)c2n1. The second kappa shape index (κ2) is 9.46. The van der Waals surface area contributed by atoms with Crippen LogP contribution in [0.4, 0.5) is 5.82 Å². The van der Waals surface area contributed by atoms with Crippen LogP contribution in [0.25, 0.3) is 10.9 Å². The fourth-order valence-corrected chi connectivity index (χ4v) is 3.60. The number of aryl methyl sites for hydroxylation is 1. The number of benzene rings is 1. The van der Waals surface area contributed by atoms with Crippen LogP contribution in [0.15, 0.2) is 34.9 Å². The number of anilines is 1. The Kier molecular flexibility index (Phi) is 6.98. The third-order valence-corrected chi connectivity index (χ3v) is 4.85. The molecule has 0 atom stereocenters. The van der Waals surface area contributed by atoms with Crippen LogP contribution in [0.2, 0.25) is 10.0 Å². The summed E-state index contributed by atoms with van der Waals surface area (Å²) in [5.74, 6) is 2.11. The van der Waals surface area contributed by atoms with E-state index in [9.17, 15) is 4.79 Å². The van der Waals surface area contributed by atoms with E-state index in [1.54, 1.807) is 18.4 Å². The molecule has 1 N–H and O–H groups in total. The minimum Gasteiger partial charge on any atom is -0.467 e. The zero-order valence-electron chi connectivity index (χ0n) is 16.7. The molecule has 0 spiro atoms. The molecule has 6 nitrogen and oxygen atoms in total. The zero-order chi connectivity index (χ0) is 21.0. The van der Waals surface area contributed by atoms with Gasteiger partial charge in [-0.05, 0) is 38.1 Å². The van der Waals surface area contributed by atoms with E-state index in [1.165, 1.54) is 0 Å². The van der Waals surface area contributed by atoms with Crippen LogP contribution in [0.3, 0.4) is 0 Å². The van der Waals surface area contributed by atoms with E-state index in [1.807, 2.05) is 37.8 Å². The van der Waals surface area contributed by atoms with Gasteiger partial charge in [-0.1, -0.05) is 30.1 Å². The highest BCUT2D eigenvalue weighted by Crippen LogP contribution is 2.33. The van der Waals surface area contributed by atoms with E-state index in [0.717, 1.165) is 11.1 Å². The Morgan fingerprint density at radius 3 is 2.72 bits per heavy atom. The first-order valence-electron chi connectivity index (χ1n) is 9.59. The molecular weight excluding hydrogens is 411 g/mol. The fraction of sp³-hybridized carbons (Fsp3) is 0.381. The van der Waals surface area contributed by atoms with Crippen LogP contribution in [0, 0.1) is 0 Å². The maximum atomic E-state index is 12.3. The number of hydrogen-bond acceptors (Lipinski definition) is 5.